The molecule has 0 fully saturated rings. The van der Waals surface area contributed by atoms with E-state index in [-0.39, 0.29) is 6.10 Å². The van der Waals surface area contributed by atoms with Gasteiger partial charge in [-0.2, -0.15) is 0 Å². The van der Waals surface area contributed by atoms with Crippen molar-refractivity contribution in [1.82, 2.24) is 4.98 Å². The molecule has 1 atom stereocenters. The fraction of sp³-hybridized carbons (Fsp3) is 0.308. The first-order chi connectivity index (χ1) is 8.09. The molecule has 90 valence electrons. The van der Waals surface area contributed by atoms with E-state index in [1.165, 1.54) is 0 Å². The number of fused-ring (bicyclic) bond motifs is 1. The lowest BCUT2D eigenvalue weighted by Gasteiger charge is -2.22. The first-order valence-corrected chi connectivity index (χ1v) is 5.62. The number of anilines is 2. The molecule has 4 heteroatoms. The maximum atomic E-state index is 9.42. The largest absolute Gasteiger partial charge is 0.398 e. The van der Waals surface area contributed by atoms with E-state index >= 15 is 0 Å². The van der Waals surface area contributed by atoms with Crippen molar-refractivity contribution in [3.05, 3.63) is 30.5 Å². The number of likely N-dealkylation sites (N-methyl/N-ethyl adjacent to an activating group) is 1. The van der Waals surface area contributed by atoms with Gasteiger partial charge in [-0.15, -0.1) is 0 Å². The summed E-state index contributed by atoms with van der Waals surface area (Å²) in [7, 11) is 1.94. The summed E-state index contributed by atoms with van der Waals surface area (Å²) >= 11 is 0. The minimum atomic E-state index is -0.378. The van der Waals surface area contributed by atoms with Gasteiger partial charge in [-0.1, -0.05) is 0 Å². The zero-order chi connectivity index (χ0) is 12.4. The van der Waals surface area contributed by atoms with E-state index in [1.807, 2.05) is 36.2 Å². The Morgan fingerprint density at radius 2 is 2.18 bits per heavy atom. The van der Waals surface area contributed by atoms with E-state index in [0.717, 1.165) is 22.3 Å². The second kappa shape index (κ2) is 4.59. The number of hydrogen-bond donors (Lipinski definition) is 2. The van der Waals surface area contributed by atoms with Gasteiger partial charge in [0, 0.05) is 30.9 Å². The Hall–Kier alpha value is -1.81. The number of aromatic nitrogens is 1. The summed E-state index contributed by atoms with van der Waals surface area (Å²) in [6.45, 7) is 2.33. The number of pyridine rings is 1. The zero-order valence-electron chi connectivity index (χ0n) is 10.1. The van der Waals surface area contributed by atoms with Crippen LogP contribution in [-0.4, -0.2) is 29.8 Å². The second-order valence-corrected chi connectivity index (χ2v) is 4.30. The molecular formula is C13H17N3O. The van der Waals surface area contributed by atoms with Gasteiger partial charge in [0.2, 0.25) is 0 Å². The van der Waals surface area contributed by atoms with Crippen LogP contribution in [0.3, 0.4) is 0 Å². The van der Waals surface area contributed by atoms with Gasteiger partial charge in [-0.05, 0) is 31.2 Å². The topological polar surface area (TPSA) is 62.4 Å². The molecule has 0 aliphatic carbocycles. The lowest BCUT2D eigenvalue weighted by molar-refractivity contribution is 0.201. The molecule has 0 spiro atoms. The van der Waals surface area contributed by atoms with Crippen LogP contribution in [0.25, 0.3) is 10.9 Å². The first kappa shape index (κ1) is 11.7. The predicted octanol–water partition coefficient (Wildman–Crippen LogP) is 1.63. The van der Waals surface area contributed by atoms with Crippen LogP contribution in [0, 0.1) is 0 Å². The Bertz CT molecular complexity index is 525. The summed E-state index contributed by atoms with van der Waals surface area (Å²) < 4.78 is 0. The molecular weight excluding hydrogens is 214 g/mol. The number of benzene rings is 1. The van der Waals surface area contributed by atoms with E-state index in [9.17, 15) is 5.11 Å². The molecule has 17 heavy (non-hydrogen) atoms. The van der Waals surface area contributed by atoms with Crippen molar-refractivity contribution in [3.8, 4) is 0 Å². The minimum Gasteiger partial charge on any atom is -0.398 e. The normalized spacial score (nSPS) is 12.6. The zero-order valence-corrected chi connectivity index (χ0v) is 10.1. The van der Waals surface area contributed by atoms with E-state index in [2.05, 4.69) is 4.98 Å². The maximum Gasteiger partial charge on any atom is 0.0955 e. The van der Waals surface area contributed by atoms with Crippen molar-refractivity contribution < 1.29 is 5.11 Å². The number of aliphatic hydroxyl groups excluding tert-OH is 1. The average Bonchev–Trinajstić information content (AvgIpc) is 2.29. The third-order valence-electron chi connectivity index (χ3n) is 2.73. The smallest absolute Gasteiger partial charge is 0.0955 e. The van der Waals surface area contributed by atoms with Gasteiger partial charge >= 0.3 is 0 Å². The first-order valence-electron chi connectivity index (χ1n) is 5.62. The number of aliphatic hydroxyl groups is 1. The highest BCUT2D eigenvalue weighted by Crippen LogP contribution is 2.28. The van der Waals surface area contributed by atoms with Crippen molar-refractivity contribution in [2.24, 2.45) is 0 Å². The lowest BCUT2D eigenvalue weighted by Crippen LogP contribution is -2.27. The van der Waals surface area contributed by atoms with E-state index in [1.54, 1.807) is 13.1 Å². The molecule has 0 saturated heterocycles. The fourth-order valence-electron chi connectivity index (χ4n) is 1.98. The lowest BCUT2D eigenvalue weighted by atomic mass is 10.1. The monoisotopic (exact) mass is 231 g/mol. The van der Waals surface area contributed by atoms with Crippen molar-refractivity contribution in [2.45, 2.75) is 13.0 Å². The maximum absolute atomic E-state index is 9.42. The van der Waals surface area contributed by atoms with E-state index in [4.69, 9.17) is 5.73 Å². The van der Waals surface area contributed by atoms with Crippen LogP contribution in [0.15, 0.2) is 30.5 Å². The van der Waals surface area contributed by atoms with Gasteiger partial charge in [0.25, 0.3) is 0 Å². The molecule has 4 nitrogen and oxygen atoms in total. The highest BCUT2D eigenvalue weighted by atomic mass is 16.3. The van der Waals surface area contributed by atoms with Crippen molar-refractivity contribution in [3.63, 3.8) is 0 Å². The molecule has 0 bridgehead atoms. The van der Waals surface area contributed by atoms with Gasteiger partial charge in [0.1, 0.15) is 0 Å². The number of nitrogen functional groups attached to an aromatic ring is 1. The van der Waals surface area contributed by atoms with Crippen LogP contribution in [0.4, 0.5) is 11.4 Å². The Kier molecular flexibility index (Phi) is 3.15. The Balaban J connectivity index is 2.51. The second-order valence-electron chi connectivity index (χ2n) is 4.30. The molecule has 1 unspecified atom stereocenters. The summed E-state index contributed by atoms with van der Waals surface area (Å²) in [5.41, 5.74) is 8.50. The third-order valence-corrected chi connectivity index (χ3v) is 2.73. The van der Waals surface area contributed by atoms with Crippen molar-refractivity contribution >= 4 is 22.3 Å². The van der Waals surface area contributed by atoms with Crippen LogP contribution in [0.1, 0.15) is 6.92 Å². The van der Waals surface area contributed by atoms with Gasteiger partial charge < -0.3 is 15.7 Å². The summed E-state index contributed by atoms with van der Waals surface area (Å²) in [5.74, 6) is 0. The highest BCUT2D eigenvalue weighted by Gasteiger charge is 2.10. The van der Waals surface area contributed by atoms with Crippen molar-refractivity contribution in [2.75, 3.05) is 24.2 Å². The number of nitrogens with two attached hydrogens (primary N) is 1. The van der Waals surface area contributed by atoms with E-state index in [0.29, 0.717) is 6.54 Å². The predicted molar refractivity (Wildman–Crippen MR) is 71.1 cm³/mol. The molecule has 2 aromatic rings. The van der Waals surface area contributed by atoms with Gasteiger partial charge in [-0.3, -0.25) is 4.98 Å². The molecule has 0 radical (unpaired) electrons. The minimum absolute atomic E-state index is 0.378. The summed E-state index contributed by atoms with van der Waals surface area (Å²) in [4.78, 5) is 6.35. The van der Waals surface area contributed by atoms with Crippen molar-refractivity contribution in [1.29, 1.82) is 0 Å². The molecule has 2 rings (SSSR count). The molecule has 0 aliphatic heterocycles. The number of rotatable bonds is 3. The standard InChI is InChI=1S/C13H17N3O/c1-9(17)8-16(2)12-6-5-11(14)10-4-3-7-15-13(10)12/h3-7,9,17H,8,14H2,1-2H3. The summed E-state index contributed by atoms with van der Waals surface area (Å²) in [5, 5.41) is 10.4. The SMILES string of the molecule is CC(O)CN(C)c1ccc(N)c2cccnc12. The van der Waals surface area contributed by atoms with Gasteiger partial charge in [-0.25, -0.2) is 0 Å². The van der Waals surface area contributed by atoms with Crippen LogP contribution < -0.4 is 10.6 Å². The number of nitrogens with zero attached hydrogens (tertiary/aromatic N) is 2. The van der Waals surface area contributed by atoms with Crippen LogP contribution in [0.2, 0.25) is 0 Å². The molecule has 1 aromatic carbocycles. The quantitative estimate of drug-likeness (QED) is 0.788. The summed E-state index contributed by atoms with van der Waals surface area (Å²) in [6, 6.07) is 7.64. The molecule has 0 aliphatic rings. The molecule has 0 saturated carbocycles. The van der Waals surface area contributed by atoms with Crippen LogP contribution in [0.5, 0.6) is 0 Å². The third kappa shape index (κ3) is 2.31. The fourth-order valence-corrected chi connectivity index (χ4v) is 1.98. The molecule has 0 amide bonds. The number of hydrogen-bond acceptors (Lipinski definition) is 4. The average molecular weight is 231 g/mol. The Morgan fingerprint density at radius 1 is 1.41 bits per heavy atom. The van der Waals surface area contributed by atoms with Crippen LogP contribution in [-0.2, 0) is 0 Å². The molecule has 1 aromatic heterocycles. The Morgan fingerprint density at radius 3 is 2.88 bits per heavy atom. The summed E-state index contributed by atoms with van der Waals surface area (Å²) in [6.07, 6.45) is 1.37. The molecule has 3 N–H and O–H groups in total. The van der Waals surface area contributed by atoms with Crippen LogP contribution >= 0.6 is 0 Å². The van der Waals surface area contributed by atoms with Gasteiger partial charge in [0.05, 0.1) is 17.3 Å². The van der Waals surface area contributed by atoms with Gasteiger partial charge in [0.15, 0.2) is 0 Å². The van der Waals surface area contributed by atoms with E-state index < -0.39 is 0 Å². The highest BCUT2D eigenvalue weighted by molar-refractivity contribution is 5.98. The molecule has 1 heterocycles. The Labute approximate surface area is 101 Å².